The molecule has 2 aromatic heterocycles. The Morgan fingerprint density at radius 1 is 1.11 bits per heavy atom. The van der Waals surface area contributed by atoms with Gasteiger partial charge in [0.15, 0.2) is 5.13 Å². The van der Waals surface area contributed by atoms with E-state index in [-0.39, 0.29) is 37.2 Å². The lowest BCUT2D eigenvalue weighted by Crippen LogP contribution is -2.50. The summed E-state index contributed by atoms with van der Waals surface area (Å²) >= 11 is 1.35. The Morgan fingerprint density at radius 3 is 2.57 bits per heavy atom. The van der Waals surface area contributed by atoms with Crippen LogP contribution >= 0.6 is 11.3 Å². The van der Waals surface area contributed by atoms with Crippen LogP contribution in [0, 0.1) is 6.92 Å². The Bertz CT molecular complexity index is 1170. The van der Waals surface area contributed by atoms with Gasteiger partial charge < -0.3 is 24.4 Å². The number of hydrogen-bond acceptors (Lipinski definition) is 7. The van der Waals surface area contributed by atoms with Crippen LogP contribution in [-0.4, -0.2) is 70.1 Å². The number of furan rings is 1. The zero-order chi connectivity index (χ0) is 24.8. The van der Waals surface area contributed by atoms with Crippen LogP contribution < -0.4 is 5.32 Å². The predicted octanol–water partition coefficient (Wildman–Crippen LogP) is 3.51. The zero-order valence-corrected chi connectivity index (χ0v) is 20.7. The molecule has 0 atom stereocenters. The Labute approximate surface area is 208 Å². The van der Waals surface area contributed by atoms with Gasteiger partial charge in [-0.05, 0) is 36.8 Å². The van der Waals surface area contributed by atoms with Crippen LogP contribution in [-0.2, 0) is 16.1 Å². The minimum absolute atomic E-state index is 0.0202. The van der Waals surface area contributed by atoms with E-state index in [0.717, 1.165) is 11.3 Å². The van der Waals surface area contributed by atoms with Crippen molar-refractivity contribution in [3.05, 3.63) is 65.1 Å². The summed E-state index contributed by atoms with van der Waals surface area (Å²) in [5, 5.41) is 5.58. The van der Waals surface area contributed by atoms with Crippen molar-refractivity contribution < 1.29 is 18.8 Å². The lowest BCUT2D eigenvalue weighted by Gasteiger charge is -2.34. The van der Waals surface area contributed by atoms with Crippen molar-refractivity contribution in [2.24, 2.45) is 0 Å². The number of rotatable bonds is 8. The van der Waals surface area contributed by atoms with E-state index < -0.39 is 0 Å². The Kier molecular flexibility index (Phi) is 7.81. The second-order valence-electron chi connectivity index (χ2n) is 8.48. The number of aromatic nitrogens is 1. The second kappa shape index (κ2) is 11.2. The van der Waals surface area contributed by atoms with E-state index >= 15 is 0 Å². The highest BCUT2D eigenvalue weighted by Crippen LogP contribution is 2.23. The van der Waals surface area contributed by atoms with E-state index in [1.807, 2.05) is 31.2 Å². The molecule has 1 aliphatic heterocycles. The lowest BCUT2D eigenvalue weighted by atomic mass is 10.2. The summed E-state index contributed by atoms with van der Waals surface area (Å²) in [6.07, 6.45) is 1.75. The lowest BCUT2D eigenvalue weighted by molar-refractivity contribution is -0.138. The van der Waals surface area contributed by atoms with E-state index in [0.29, 0.717) is 42.8 Å². The number of piperazine rings is 1. The number of hydrogen-bond donors (Lipinski definition) is 1. The molecule has 10 heteroatoms. The molecular weight excluding hydrogens is 466 g/mol. The number of carbonyl (C=O) groups excluding carboxylic acids is 3. The van der Waals surface area contributed by atoms with Crippen LogP contribution in [0.1, 0.15) is 35.2 Å². The monoisotopic (exact) mass is 495 g/mol. The summed E-state index contributed by atoms with van der Waals surface area (Å²) < 4.78 is 5.45. The number of anilines is 2. The molecule has 0 unspecified atom stereocenters. The maximum absolute atomic E-state index is 13.3. The van der Waals surface area contributed by atoms with Crippen molar-refractivity contribution in [2.45, 2.75) is 26.8 Å². The molecule has 35 heavy (non-hydrogen) atoms. The standard InChI is InChI=1S/C25H29N5O4S/c1-18-5-3-6-20(15-18)26-25-27-22(17-35-25)24(33)30(16-21-7-4-14-34-21)9-8-23(32)29-12-10-28(11-13-29)19(2)31/h3-7,14-15,17H,8-13,16H2,1-2H3,(H,26,27). The molecule has 4 rings (SSSR count). The summed E-state index contributed by atoms with van der Waals surface area (Å²) in [7, 11) is 0. The molecule has 0 aliphatic carbocycles. The van der Waals surface area contributed by atoms with Crippen LogP contribution in [0.3, 0.4) is 0 Å². The Morgan fingerprint density at radius 2 is 1.89 bits per heavy atom. The number of amides is 3. The molecule has 0 saturated carbocycles. The number of thiazole rings is 1. The van der Waals surface area contributed by atoms with Gasteiger partial charge in [-0.15, -0.1) is 11.3 Å². The first kappa shape index (κ1) is 24.5. The van der Waals surface area contributed by atoms with Gasteiger partial charge in [-0.25, -0.2) is 4.98 Å². The zero-order valence-electron chi connectivity index (χ0n) is 19.9. The number of aryl methyl sites for hydroxylation is 1. The molecule has 0 bridgehead atoms. The molecule has 3 aromatic rings. The van der Waals surface area contributed by atoms with Crippen molar-refractivity contribution in [3.8, 4) is 0 Å². The third-order valence-corrected chi connectivity index (χ3v) is 6.64. The highest BCUT2D eigenvalue weighted by atomic mass is 32.1. The third kappa shape index (κ3) is 6.48. The molecule has 0 radical (unpaired) electrons. The molecule has 1 aromatic carbocycles. The summed E-state index contributed by atoms with van der Waals surface area (Å²) in [5.74, 6) is 0.357. The normalized spacial score (nSPS) is 13.5. The number of nitrogens with zero attached hydrogens (tertiary/aromatic N) is 4. The Balaban J connectivity index is 1.40. The first-order valence-corrected chi connectivity index (χ1v) is 12.4. The summed E-state index contributed by atoms with van der Waals surface area (Å²) in [4.78, 5) is 47.2. The van der Waals surface area contributed by atoms with Crippen molar-refractivity contribution in [2.75, 3.05) is 38.0 Å². The first-order chi connectivity index (χ1) is 16.9. The van der Waals surface area contributed by atoms with Gasteiger partial charge in [0, 0.05) is 57.1 Å². The van der Waals surface area contributed by atoms with Gasteiger partial charge in [0.25, 0.3) is 5.91 Å². The number of nitrogens with one attached hydrogen (secondary N) is 1. The molecule has 0 spiro atoms. The quantitative estimate of drug-likeness (QED) is 0.514. The second-order valence-corrected chi connectivity index (χ2v) is 9.33. The number of carbonyl (C=O) groups is 3. The fourth-order valence-corrected chi connectivity index (χ4v) is 4.64. The average Bonchev–Trinajstić information content (AvgIpc) is 3.53. The number of benzene rings is 1. The molecule has 1 aliphatic rings. The van der Waals surface area contributed by atoms with Crippen molar-refractivity contribution >= 4 is 39.9 Å². The van der Waals surface area contributed by atoms with E-state index in [1.54, 1.807) is 38.5 Å². The third-order valence-electron chi connectivity index (χ3n) is 5.88. The minimum atomic E-state index is -0.260. The van der Waals surface area contributed by atoms with Gasteiger partial charge in [-0.2, -0.15) is 0 Å². The molecule has 1 fully saturated rings. The van der Waals surface area contributed by atoms with Gasteiger partial charge in [-0.1, -0.05) is 12.1 Å². The van der Waals surface area contributed by atoms with Crippen molar-refractivity contribution in [1.29, 1.82) is 0 Å². The van der Waals surface area contributed by atoms with E-state index in [2.05, 4.69) is 10.3 Å². The van der Waals surface area contributed by atoms with Crippen LogP contribution in [0.2, 0.25) is 0 Å². The van der Waals surface area contributed by atoms with E-state index in [9.17, 15) is 14.4 Å². The topological polar surface area (TPSA) is 99.0 Å². The largest absolute Gasteiger partial charge is 0.467 e. The predicted molar refractivity (Wildman–Crippen MR) is 133 cm³/mol. The highest BCUT2D eigenvalue weighted by molar-refractivity contribution is 7.14. The fraction of sp³-hybridized carbons (Fsp3) is 0.360. The first-order valence-electron chi connectivity index (χ1n) is 11.5. The molecule has 1 saturated heterocycles. The summed E-state index contributed by atoms with van der Waals surface area (Å²) in [6.45, 7) is 6.11. The van der Waals surface area contributed by atoms with Crippen molar-refractivity contribution in [3.63, 3.8) is 0 Å². The molecule has 9 nitrogen and oxygen atoms in total. The maximum atomic E-state index is 13.3. The van der Waals surface area contributed by atoms with Gasteiger partial charge >= 0.3 is 0 Å². The molecule has 3 heterocycles. The van der Waals surface area contributed by atoms with Crippen LogP contribution in [0.5, 0.6) is 0 Å². The minimum Gasteiger partial charge on any atom is -0.467 e. The Hall–Kier alpha value is -3.66. The van der Waals surface area contributed by atoms with Gasteiger partial charge in [0.05, 0.1) is 12.8 Å². The van der Waals surface area contributed by atoms with Gasteiger partial charge in [0.1, 0.15) is 11.5 Å². The van der Waals surface area contributed by atoms with E-state index in [4.69, 9.17) is 4.42 Å². The maximum Gasteiger partial charge on any atom is 0.273 e. The molecule has 184 valence electrons. The SMILES string of the molecule is CC(=O)N1CCN(C(=O)CCN(Cc2ccco2)C(=O)c2csc(Nc3cccc(C)c3)n2)CC1. The van der Waals surface area contributed by atoms with Crippen LogP contribution in [0.25, 0.3) is 0 Å². The van der Waals surface area contributed by atoms with Crippen molar-refractivity contribution in [1.82, 2.24) is 19.7 Å². The summed E-state index contributed by atoms with van der Waals surface area (Å²) in [5.41, 5.74) is 2.35. The van der Waals surface area contributed by atoms with Gasteiger partial charge in [-0.3, -0.25) is 14.4 Å². The molecular formula is C25H29N5O4S. The van der Waals surface area contributed by atoms with Crippen LogP contribution in [0.15, 0.2) is 52.5 Å². The van der Waals surface area contributed by atoms with Crippen LogP contribution in [0.4, 0.5) is 10.8 Å². The molecule has 3 amide bonds. The average molecular weight is 496 g/mol. The van der Waals surface area contributed by atoms with Gasteiger partial charge in [0.2, 0.25) is 11.8 Å². The molecule has 1 N–H and O–H groups in total. The fourth-order valence-electron chi connectivity index (χ4n) is 3.94. The van der Waals surface area contributed by atoms with E-state index in [1.165, 1.54) is 18.3 Å². The summed E-state index contributed by atoms with van der Waals surface area (Å²) in [6, 6.07) is 11.5. The highest BCUT2D eigenvalue weighted by Gasteiger charge is 2.25. The smallest absolute Gasteiger partial charge is 0.273 e.